The van der Waals surface area contributed by atoms with Gasteiger partial charge in [-0.25, -0.2) is 0 Å². The molecule has 0 aromatic heterocycles. The van der Waals surface area contributed by atoms with E-state index in [-0.39, 0.29) is 0 Å². The maximum absolute atomic E-state index is 10.2. The number of methoxy groups -OCH3 is 1. The van der Waals surface area contributed by atoms with Crippen molar-refractivity contribution in [2.75, 3.05) is 7.11 Å². The number of phenolic OH excluding ortho intramolecular Hbond substituents is 1. The average Bonchev–Trinajstić information content (AvgIpc) is 2.68. The molecule has 1 atom stereocenters. The summed E-state index contributed by atoms with van der Waals surface area (Å²) in [6.07, 6.45) is 8.69. The molecule has 0 saturated carbocycles. The van der Waals surface area contributed by atoms with E-state index in [1.165, 1.54) is 5.57 Å². The van der Waals surface area contributed by atoms with E-state index in [1.807, 2.05) is 12.1 Å². The standard InChI is InChI=1S/C14H14O2/c1-16-12-7-6-10-8-9-4-2-3-5-11(9)13(10)14(12)15/h2,4,6-8,11,15H,3,5H2,1H3. The number of benzene rings is 1. The first kappa shape index (κ1) is 9.52. The first-order valence-corrected chi connectivity index (χ1v) is 5.59. The molecule has 3 rings (SSSR count). The van der Waals surface area contributed by atoms with Crippen molar-refractivity contribution in [1.29, 1.82) is 0 Å². The van der Waals surface area contributed by atoms with Crippen LogP contribution in [0.25, 0.3) is 6.08 Å². The second-order valence-electron chi connectivity index (χ2n) is 4.30. The summed E-state index contributed by atoms with van der Waals surface area (Å²) in [5.74, 6) is 1.24. The van der Waals surface area contributed by atoms with Gasteiger partial charge in [-0.1, -0.05) is 24.3 Å². The lowest BCUT2D eigenvalue weighted by Crippen LogP contribution is -2.01. The van der Waals surface area contributed by atoms with E-state index in [2.05, 4.69) is 18.2 Å². The zero-order valence-corrected chi connectivity index (χ0v) is 9.23. The van der Waals surface area contributed by atoms with Crippen molar-refractivity contribution in [2.24, 2.45) is 0 Å². The van der Waals surface area contributed by atoms with Crippen LogP contribution in [0, 0.1) is 0 Å². The molecule has 0 amide bonds. The number of rotatable bonds is 1. The van der Waals surface area contributed by atoms with Crippen LogP contribution >= 0.6 is 0 Å². The highest BCUT2D eigenvalue weighted by molar-refractivity contribution is 5.74. The van der Waals surface area contributed by atoms with Gasteiger partial charge in [0.2, 0.25) is 0 Å². The van der Waals surface area contributed by atoms with Crippen molar-refractivity contribution in [3.8, 4) is 11.5 Å². The molecule has 0 heterocycles. The van der Waals surface area contributed by atoms with Gasteiger partial charge in [-0.15, -0.1) is 0 Å². The molecule has 2 aliphatic rings. The maximum atomic E-state index is 10.2. The number of hydrogen-bond acceptors (Lipinski definition) is 2. The Morgan fingerprint density at radius 2 is 2.25 bits per heavy atom. The highest BCUT2D eigenvalue weighted by Gasteiger charge is 2.29. The van der Waals surface area contributed by atoms with Gasteiger partial charge in [0.15, 0.2) is 11.5 Å². The minimum atomic E-state index is 0.312. The molecule has 1 aromatic rings. The predicted octanol–water partition coefficient (Wildman–Crippen LogP) is 3.23. The van der Waals surface area contributed by atoms with Gasteiger partial charge in [0.25, 0.3) is 0 Å². The summed E-state index contributed by atoms with van der Waals surface area (Å²) in [5, 5.41) is 10.2. The Balaban J connectivity index is 2.16. The van der Waals surface area contributed by atoms with Crippen molar-refractivity contribution in [2.45, 2.75) is 18.8 Å². The number of ether oxygens (including phenoxy) is 1. The fraction of sp³-hybridized carbons (Fsp3) is 0.286. The zero-order valence-electron chi connectivity index (χ0n) is 9.23. The Hall–Kier alpha value is -1.70. The normalized spacial score (nSPS) is 21.3. The first-order chi connectivity index (χ1) is 7.81. The number of fused-ring (bicyclic) bond motifs is 3. The summed E-state index contributed by atoms with van der Waals surface area (Å²) in [5.41, 5.74) is 3.48. The lowest BCUT2D eigenvalue weighted by Gasteiger charge is -2.19. The Bertz CT molecular complexity index is 498. The van der Waals surface area contributed by atoms with Crippen LogP contribution < -0.4 is 4.74 Å². The fourth-order valence-electron chi connectivity index (χ4n) is 2.66. The van der Waals surface area contributed by atoms with Crippen molar-refractivity contribution < 1.29 is 9.84 Å². The van der Waals surface area contributed by atoms with Gasteiger partial charge >= 0.3 is 0 Å². The van der Waals surface area contributed by atoms with E-state index in [9.17, 15) is 5.11 Å². The van der Waals surface area contributed by atoms with Gasteiger partial charge in [-0.05, 0) is 30.0 Å². The van der Waals surface area contributed by atoms with Gasteiger partial charge in [0, 0.05) is 11.5 Å². The monoisotopic (exact) mass is 214 g/mol. The third kappa shape index (κ3) is 1.19. The molecule has 0 fully saturated rings. The lowest BCUT2D eigenvalue weighted by molar-refractivity contribution is 0.369. The molecular formula is C14H14O2. The smallest absolute Gasteiger partial charge is 0.162 e. The van der Waals surface area contributed by atoms with E-state index >= 15 is 0 Å². The number of allylic oxidation sites excluding steroid dienone is 3. The third-order valence-corrected chi connectivity index (χ3v) is 3.44. The Morgan fingerprint density at radius 3 is 3.06 bits per heavy atom. The van der Waals surface area contributed by atoms with Crippen LogP contribution in [0.15, 0.2) is 29.9 Å². The minimum absolute atomic E-state index is 0.312. The molecule has 2 aliphatic carbocycles. The summed E-state index contributed by atoms with van der Waals surface area (Å²) in [6.45, 7) is 0. The molecule has 0 radical (unpaired) electrons. The molecule has 2 nitrogen and oxygen atoms in total. The van der Waals surface area contributed by atoms with Crippen LogP contribution in [0.1, 0.15) is 29.9 Å². The number of hydrogen-bond donors (Lipinski definition) is 1. The molecule has 1 N–H and O–H groups in total. The lowest BCUT2D eigenvalue weighted by atomic mass is 9.87. The SMILES string of the molecule is COc1ccc2c(c1O)C1CCC=CC1=C2. The van der Waals surface area contributed by atoms with Crippen LogP contribution in [0.2, 0.25) is 0 Å². The molecule has 0 bridgehead atoms. The zero-order chi connectivity index (χ0) is 11.1. The summed E-state index contributed by atoms with van der Waals surface area (Å²) >= 11 is 0. The van der Waals surface area contributed by atoms with E-state index in [0.717, 1.165) is 24.0 Å². The quantitative estimate of drug-likeness (QED) is 0.777. The second-order valence-corrected chi connectivity index (χ2v) is 4.30. The predicted molar refractivity (Wildman–Crippen MR) is 63.8 cm³/mol. The molecule has 2 heteroatoms. The molecule has 16 heavy (non-hydrogen) atoms. The largest absolute Gasteiger partial charge is 0.504 e. The minimum Gasteiger partial charge on any atom is -0.504 e. The Labute approximate surface area is 94.9 Å². The highest BCUT2D eigenvalue weighted by Crippen LogP contribution is 2.48. The first-order valence-electron chi connectivity index (χ1n) is 5.59. The van der Waals surface area contributed by atoms with Crippen LogP contribution in [-0.2, 0) is 0 Å². The van der Waals surface area contributed by atoms with Gasteiger partial charge in [-0.2, -0.15) is 0 Å². The number of phenols is 1. The maximum Gasteiger partial charge on any atom is 0.162 e. The molecule has 1 aromatic carbocycles. The number of aromatic hydroxyl groups is 1. The molecule has 82 valence electrons. The Kier molecular flexibility index (Phi) is 2.03. The molecular weight excluding hydrogens is 200 g/mol. The van der Waals surface area contributed by atoms with Crippen LogP contribution in [0.4, 0.5) is 0 Å². The van der Waals surface area contributed by atoms with Gasteiger partial charge < -0.3 is 9.84 Å². The van der Waals surface area contributed by atoms with E-state index < -0.39 is 0 Å². The summed E-state index contributed by atoms with van der Waals surface area (Å²) in [7, 11) is 1.59. The van der Waals surface area contributed by atoms with E-state index in [0.29, 0.717) is 17.4 Å². The fourth-order valence-corrected chi connectivity index (χ4v) is 2.66. The van der Waals surface area contributed by atoms with Gasteiger partial charge in [-0.3, -0.25) is 0 Å². The van der Waals surface area contributed by atoms with Crippen LogP contribution in [0.3, 0.4) is 0 Å². The Morgan fingerprint density at radius 1 is 1.38 bits per heavy atom. The summed E-state index contributed by atoms with van der Waals surface area (Å²) < 4.78 is 5.16. The van der Waals surface area contributed by atoms with E-state index in [1.54, 1.807) is 7.11 Å². The topological polar surface area (TPSA) is 29.5 Å². The molecule has 0 aliphatic heterocycles. The second kappa shape index (κ2) is 3.41. The van der Waals surface area contributed by atoms with Crippen LogP contribution in [-0.4, -0.2) is 12.2 Å². The van der Waals surface area contributed by atoms with Gasteiger partial charge in [0.05, 0.1) is 7.11 Å². The molecule has 1 unspecified atom stereocenters. The van der Waals surface area contributed by atoms with Crippen molar-refractivity contribution in [3.05, 3.63) is 41.0 Å². The molecule has 0 spiro atoms. The summed E-state index contributed by atoms with van der Waals surface area (Å²) in [6, 6.07) is 3.85. The molecule has 0 saturated heterocycles. The highest BCUT2D eigenvalue weighted by atomic mass is 16.5. The van der Waals surface area contributed by atoms with E-state index in [4.69, 9.17) is 4.74 Å². The van der Waals surface area contributed by atoms with Crippen molar-refractivity contribution >= 4 is 6.08 Å². The van der Waals surface area contributed by atoms with Crippen molar-refractivity contribution in [1.82, 2.24) is 0 Å². The average molecular weight is 214 g/mol. The summed E-state index contributed by atoms with van der Waals surface area (Å²) in [4.78, 5) is 0. The van der Waals surface area contributed by atoms with Crippen LogP contribution in [0.5, 0.6) is 11.5 Å². The third-order valence-electron chi connectivity index (χ3n) is 3.44. The van der Waals surface area contributed by atoms with Gasteiger partial charge in [0.1, 0.15) is 0 Å². The van der Waals surface area contributed by atoms with Crippen molar-refractivity contribution in [3.63, 3.8) is 0 Å².